The second kappa shape index (κ2) is 10.4. The predicted molar refractivity (Wildman–Crippen MR) is 141 cm³/mol. The van der Waals surface area contributed by atoms with E-state index in [0.29, 0.717) is 32.7 Å². The van der Waals surface area contributed by atoms with Gasteiger partial charge in [-0.1, -0.05) is 52.3 Å². The number of likely N-dealkylation sites (tertiary alicyclic amines) is 1. The molecule has 0 bridgehead atoms. The highest BCUT2D eigenvalue weighted by molar-refractivity contribution is 9.10. The number of halogens is 1. The van der Waals surface area contributed by atoms with Gasteiger partial charge in [-0.05, 0) is 43.5 Å². The van der Waals surface area contributed by atoms with Crippen molar-refractivity contribution < 1.29 is 9.59 Å². The van der Waals surface area contributed by atoms with Gasteiger partial charge in [0.1, 0.15) is 5.82 Å². The minimum Gasteiger partial charge on any atom is -0.342 e. The van der Waals surface area contributed by atoms with E-state index >= 15 is 0 Å². The topological polar surface area (TPSA) is 80.4 Å². The minimum absolute atomic E-state index is 0.0164. The van der Waals surface area contributed by atoms with Gasteiger partial charge in [-0.3, -0.25) is 14.2 Å². The Hall–Kier alpha value is -3.20. The Balaban J connectivity index is 1.23. The summed E-state index contributed by atoms with van der Waals surface area (Å²) in [6.07, 6.45) is 1.75. The van der Waals surface area contributed by atoms with Crippen LogP contribution in [0.3, 0.4) is 0 Å². The van der Waals surface area contributed by atoms with Gasteiger partial charge in [0.25, 0.3) is 0 Å². The third-order valence-electron chi connectivity index (χ3n) is 7.21. The van der Waals surface area contributed by atoms with E-state index in [2.05, 4.69) is 15.9 Å². The average molecular weight is 552 g/mol. The van der Waals surface area contributed by atoms with Crippen LogP contribution in [0.25, 0.3) is 0 Å². The molecule has 0 saturated carbocycles. The predicted octanol–water partition coefficient (Wildman–Crippen LogP) is 3.63. The maximum absolute atomic E-state index is 13.3. The molecule has 1 atom stereocenters. The highest BCUT2D eigenvalue weighted by atomic mass is 79.9. The lowest BCUT2D eigenvalue weighted by Crippen LogP contribution is -2.42. The Bertz CT molecular complexity index is 1310. The van der Waals surface area contributed by atoms with Crippen LogP contribution in [0.5, 0.6) is 0 Å². The first-order chi connectivity index (χ1) is 17.4. The van der Waals surface area contributed by atoms with Gasteiger partial charge >= 0.3 is 5.69 Å². The van der Waals surface area contributed by atoms with Crippen molar-refractivity contribution in [3.63, 3.8) is 0 Å². The summed E-state index contributed by atoms with van der Waals surface area (Å²) in [5, 5.41) is 4.72. The van der Waals surface area contributed by atoms with Crippen LogP contribution in [0.2, 0.25) is 0 Å². The van der Waals surface area contributed by atoms with Gasteiger partial charge in [-0.25, -0.2) is 9.48 Å². The molecule has 36 heavy (non-hydrogen) atoms. The van der Waals surface area contributed by atoms with Crippen molar-refractivity contribution in [2.24, 2.45) is 5.92 Å². The van der Waals surface area contributed by atoms with E-state index in [-0.39, 0.29) is 35.8 Å². The summed E-state index contributed by atoms with van der Waals surface area (Å²) in [4.78, 5) is 42.5. The van der Waals surface area contributed by atoms with E-state index < -0.39 is 0 Å². The number of hydrogen-bond donors (Lipinski definition) is 0. The molecular formula is C27H30BrN5O3. The molecule has 9 heteroatoms. The molecule has 0 N–H and O–H groups in total. The lowest BCUT2D eigenvalue weighted by molar-refractivity contribution is -0.136. The van der Waals surface area contributed by atoms with Crippen molar-refractivity contribution in [3.05, 3.63) is 80.9 Å². The summed E-state index contributed by atoms with van der Waals surface area (Å²) in [5.41, 5.74) is 1.76. The fourth-order valence-corrected chi connectivity index (χ4v) is 5.69. The van der Waals surface area contributed by atoms with Crippen LogP contribution in [-0.4, -0.2) is 50.7 Å². The molecule has 8 nitrogen and oxygen atoms in total. The SMILES string of the molecule is CCn1c(C2CCN(C(=O)C3CC(=O)N(c4cccc(Br)c4)C3)CC2)nn(Cc2ccccc2)c1=O. The fourth-order valence-electron chi connectivity index (χ4n) is 5.30. The highest BCUT2D eigenvalue weighted by Crippen LogP contribution is 2.31. The van der Waals surface area contributed by atoms with Crippen LogP contribution in [0, 0.1) is 5.92 Å². The van der Waals surface area contributed by atoms with Gasteiger partial charge < -0.3 is 9.80 Å². The standard InChI is InChI=1S/C27H30BrN5O3/c1-2-31-25(29-33(27(31)36)17-19-7-4-3-5-8-19)20-11-13-30(14-12-20)26(35)21-15-24(34)32(18-21)23-10-6-9-22(28)16-23/h3-10,16,20-21H,2,11-15,17-18H2,1H3. The number of piperidine rings is 1. The van der Waals surface area contributed by atoms with E-state index in [0.717, 1.165) is 34.4 Å². The summed E-state index contributed by atoms with van der Waals surface area (Å²) in [7, 11) is 0. The van der Waals surface area contributed by atoms with Crippen LogP contribution >= 0.6 is 15.9 Å². The quantitative estimate of drug-likeness (QED) is 0.468. The number of anilines is 1. The Labute approximate surface area is 218 Å². The van der Waals surface area contributed by atoms with Crippen molar-refractivity contribution in [2.75, 3.05) is 24.5 Å². The van der Waals surface area contributed by atoms with E-state index in [4.69, 9.17) is 5.10 Å². The molecule has 2 aliphatic rings. The summed E-state index contributed by atoms with van der Waals surface area (Å²) >= 11 is 3.45. The first kappa shape index (κ1) is 24.5. The summed E-state index contributed by atoms with van der Waals surface area (Å²) in [6, 6.07) is 17.5. The highest BCUT2D eigenvalue weighted by Gasteiger charge is 2.38. The molecule has 3 heterocycles. The molecule has 1 aromatic heterocycles. The number of carbonyl (C=O) groups excluding carboxylic acids is 2. The zero-order valence-electron chi connectivity index (χ0n) is 20.3. The van der Waals surface area contributed by atoms with Crippen LogP contribution in [-0.2, 0) is 22.7 Å². The second-order valence-corrected chi connectivity index (χ2v) is 10.4. The number of carbonyl (C=O) groups is 2. The zero-order valence-corrected chi connectivity index (χ0v) is 21.9. The van der Waals surface area contributed by atoms with E-state index in [1.54, 1.807) is 14.1 Å². The third-order valence-corrected chi connectivity index (χ3v) is 7.70. The van der Waals surface area contributed by atoms with E-state index in [9.17, 15) is 14.4 Å². The molecular weight excluding hydrogens is 522 g/mol. The fraction of sp³-hybridized carbons (Fsp3) is 0.407. The first-order valence-electron chi connectivity index (χ1n) is 12.5. The molecule has 2 fully saturated rings. The smallest absolute Gasteiger partial charge is 0.342 e. The molecule has 1 unspecified atom stereocenters. The summed E-state index contributed by atoms with van der Waals surface area (Å²) in [6.45, 7) is 4.60. The number of hydrogen-bond acceptors (Lipinski definition) is 4. The number of rotatable bonds is 6. The first-order valence-corrected chi connectivity index (χ1v) is 13.3. The zero-order chi connectivity index (χ0) is 25.2. The van der Waals surface area contributed by atoms with Crippen molar-refractivity contribution in [2.45, 2.75) is 45.2 Å². The Morgan fingerprint density at radius 1 is 1.06 bits per heavy atom. The summed E-state index contributed by atoms with van der Waals surface area (Å²) < 4.78 is 4.21. The molecule has 2 aromatic carbocycles. The van der Waals surface area contributed by atoms with E-state index in [1.807, 2.05) is 66.4 Å². The maximum Gasteiger partial charge on any atom is 0.346 e. The van der Waals surface area contributed by atoms with Gasteiger partial charge in [-0.15, -0.1) is 0 Å². The minimum atomic E-state index is -0.327. The lowest BCUT2D eigenvalue weighted by atomic mass is 9.94. The Kier molecular flexibility index (Phi) is 7.09. The molecule has 2 saturated heterocycles. The van der Waals surface area contributed by atoms with Gasteiger partial charge in [0.05, 0.1) is 12.5 Å². The third kappa shape index (κ3) is 4.89. The molecule has 5 rings (SSSR count). The van der Waals surface area contributed by atoms with Crippen LogP contribution in [0.1, 0.15) is 43.5 Å². The van der Waals surface area contributed by atoms with Crippen LogP contribution in [0.15, 0.2) is 63.9 Å². The summed E-state index contributed by atoms with van der Waals surface area (Å²) in [5.74, 6) is 0.635. The van der Waals surface area contributed by atoms with E-state index in [1.165, 1.54) is 0 Å². The largest absolute Gasteiger partial charge is 0.346 e. The van der Waals surface area contributed by atoms with Crippen LogP contribution < -0.4 is 10.6 Å². The average Bonchev–Trinajstić information content (AvgIpc) is 3.44. The Morgan fingerprint density at radius 2 is 1.81 bits per heavy atom. The van der Waals surface area contributed by atoms with Crippen LogP contribution in [0.4, 0.5) is 5.69 Å². The molecule has 2 amide bonds. The number of benzene rings is 2. The number of nitrogens with zero attached hydrogens (tertiary/aromatic N) is 5. The number of aromatic nitrogens is 3. The molecule has 2 aliphatic heterocycles. The van der Waals surface area contributed by atoms with Gasteiger partial charge in [0.15, 0.2) is 0 Å². The Morgan fingerprint density at radius 3 is 2.50 bits per heavy atom. The lowest BCUT2D eigenvalue weighted by Gasteiger charge is -2.33. The van der Waals surface area contributed by atoms with Crippen molar-refractivity contribution >= 4 is 33.4 Å². The monoisotopic (exact) mass is 551 g/mol. The van der Waals surface area contributed by atoms with Gasteiger partial charge in [0.2, 0.25) is 11.8 Å². The van der Waals surface area contributed by atoms with Crippen molar-refractivity contribution in [1.82, 2.24) is 19.2 Å². The van der Waals surface area contributed by atoms with Gasteiger partial charge in [-0.2, -0.15) is 5.10 Å². The van der Waals surface area contributed by atoms with Crippen molar-refractivity contribution in [3.8, 4) is 0 Å². The number of amides is 2. The molecule has 188 valence electrons. The maximum atomic E-state index is 13.3. The molecule has 0 aliphatic carbocycles. The molecule has 0 spiro atoms. The van der Waals surface area contributed by atoms with Crippen molar-refractivity contribution in [1.29, 1.82) is 0 Å². The van der Waals surface area contributed by atoms with Gasteiger partial charge in [0, 0.05) is 48.7 Å². The molecule has 3 aromatic rings. The molecule has 0 radical (unpaired) electrons. The normalized spacial score (nSPS) is 18.7. The second-order valence-electron chi connectivity index (χ2n) is 9.51.